The van der Waals surface area contributed by atoms with Crippen LogP contribution in [-0.2, 0) is 11.8 Å². The molecule has 0 radical (unpaired) electrons. The standard InChI is InChI=1S/C22H29F3N6O/c1-12(2)28-19-5-6-31(13(3)32)11-17(19)22(26)29-20-8-16(21(24)25)15(7-18(20)23)14-9-27-30(4)10-14/h7,9-10,12,20-21,28H,5-6,8,11H2,1-4H3,(H2,26,29). The summed E-state index contributed by atoms with van der Waals surface area (Å²) in [5, 5.41) is 7.30. The van der Waals surface area contributed by atoms with Gasteiger partial charge in [-0.05, 0) is 25.5 Å². The maximum atomic E-state index is 15.0. The van der Waals surface area contributed by atoms with Crippen LogP contribution < -0.4 is 11.1 Å². The van der Waals surface area contributed by atoms with Gasteiger partial charge in [-0.25, -0.2) is 13.2 Å². The predicted octanol–water partition coefficient (Wildman–Crippen LogP) is 2.93. The van der Waals surface area contributed by atoms with Gasteiger partial charge in [0.1, 0.15) is 17.7 Å². The number of aliphatic imine (C=N–C) groups is 1. The van der Waals surface area contributed by atoms with Crippen LogP contribution in [0.3, 0.4) is 0 Å². The highest BCUT2D eigenvalue weighted by Crippen LogP contribution is 2.36. The van der Waals surface area contributed by atoms with Gasteiger partial charge in [0, 0.05) is 68.0 Å². The van der Waals surface area contributed by atoms with Crippen molar-refractivity contribution in [3.63, 3.8) is 0 Å². The van der Waals surface area contributed by atoms with Gasteiger partial charge < -0.3 is 16.0 Å². The van der Waals surface area contributed by atoms with Crippen LogP contribution in [0.2, 0.25) is 0 Å². The SMILES string of the molecule is CC(=O)N1CCC(NC(C)C)=C(C(N)=NC2CC(C(F)F)=C(c3cnn(C)c3)C=C2F)C1. The van der Waals surface area contributed by atoms with Gasteiger partial charge in [-0.3, -0.25) is 14.5 Å². The molecule has 0 spiro atoms. The maximum Gasteiger partial charge on any atom is 0.260 e. The first-order valence-corrected chi connectivity index (χ1v) is 10.5. The van der Waals surface area contributed by atoms with Crippen molar-refractivity contribution in [2.24, 2.45) is 17.8 Å². The molecule has 0 fully saturated rings. The number of allylic oxidation sites excluding steroid dienone is 2. The van der Waals surface area contributed by atoms with E-state index in [2.05, 4.69) is 15.4 Å². The highest BCUT2D eigenvalue weighted by atomic mass is 19.3. The fourth-order valence-corrected chi connectivity index (χ4v) is 3.91. The number of halogens is 3. The third kappa shape index (κ3) is 5.23. The monoisotopic (exact) mass is 450 g/mol. The molecule has 1 atom stereocenters. The van der Waals surface area contributed by atoms with Crippen LogP contribution in [0.25, 0.3) is 5.57 Å². The molecular weight excluding hydrogens is 421 g/mol. The molecular formula is C22H29F3N6O. The summed E-state index contributed by atoms with van der Waals surface area (Å²) in [4.78, 5) is 17.8. The molecule has 3 N–H and O–H groups in total. The number of carbonyl (C=O) groups is 1. The number of amidine groups is 1. The van der Waals surface area contributed by atoms with Crippen LogP contribution in [-0.4, -0.2) is 58.0 Å². The van der Waals surface area contributed by atoms with E-state index < -0.39 is 18.3 Å². The largest absolute Gasteiger partial charge is 0.386 e. The second-order valence-electron chi connectivity index (χ2n) is 8.35. The lowest BCUT2D eigenvalue weighted by Gasteiger charge is -2.32. The molecule has 0 bridgehead atoms. The van der Waals surface area contributed by atoms with Gasteiger partial charge in [0.05, 0.1) is 12.7 Å². The zero-order valence-corrected chi connectivity index (χ0v) is 18.7. The van der Waals surface area contributed by atoms with E-state index in [4.69, 9.17) is 5.73 Å². The summed E-state index contributed by atoms with van der Waals surface area (Å²) in [6.45, 7) is 6.17. The molecule has 1 aromatic rings. The van der Waals surface area contributed by atoms with Crippen LogP contribution in [0.15, 0.2) is 46.1 Å². The highest BCUT2D eigenvalue weighted by Gasteiger charge is 2.30. The Labute approximate surface area is 185 Å². The van der Waals surface area contributed by atoms with E-state index in [-0.39, 0.29) is 41.9 Å². The molecule has 1 amide bonds. The summed E-state index contributed by atoms with van der Waals surface area (Å²) in [6, 6.07) is -1.03. The first-order valence-electron chi connectivity index (χ1n) is 10.5. The smallest absolute Gasteiger partial charge is 0.260 e. The molecule has 0 aromatic carbocycles. The Bertz CT molecular complexity index is 1010. The Morgan fingerprint density at radius 3 is 2.66 bits per heavy atom. The Morgan fingerprint density at radius 2 is 2.09 bits per heavy atom. The number of nitrogens with two attached hydrogens (primary N) is 1. The van der Waals surface area contributed by atoms with Crippen LogP contribution in [0.1, 0.15) is 39.2 Å². The number of alkyl halides is 2. The molecule has 1 unspecified atom stereocenters. The number of amides is 1. The third-order valence-corrected chi connectivity index (χ3v) is 5.50. The summed E-state index contributed by atoms with van der Waals surface area (Å²) in [5.74, 6) is -0.702. The number of aryl methyl sites for hydroxylation is 1. The Hall–Kier alpha value is -3.04. The number of nitrogens with zero attached hydrogens (tertiary/aromatic N) is 4. The molecule has 1 aromatic heterocycles. The van der Waals surface area contributed by atoms with Gasteiger partial charge in [0.2, 0.25) is 5.91 Å². The quantitative estimate of drug-likeness (QED) is 0.515. The second-order valence-corrected chi connectivity index (χ2v) is 8.35. The van der Waals surface area contributed by atoms with Crippen LogP contribution in [0, 0.1) is 0 Å². The number of nitrogens with one attached hydrogen (secondary N) is 1. The molecule has 0 saturated heterocycles. The van der Waals surface area contributed by atoms with Gasteiger partial charge >= 0.3 is 0 Å². The average Bonchev–Trinajstić information content (AvgIpc) is 3.14. The van der Waals surface area contributed by atoms with E-state index in [9.17, 15) is 18.0 Å². The predicted molar refractivity (Wildman–Crippen MR) is 118 cm³/mol. The lowest BCUT2D eigenvalue weighted by atomic mass is 9.90. The lowest BCUT2D eigenvalue weighted by Crippen LogP contribution is -2.42. The van der Waals surface area contributed by atoms with Crippen molar-refractivity contribution in [1.29, 1.82) is 0 Å². The maximum absolute atomic E-state index is 15.0. The van der Waals surface area contributed by atoms with E-state index in [0.29, 0.717) is 24.1 Å². The highest BCUT2D eigenvalue weighted by molar-refractivity contribution is 5.99. The minimum absolute atomic E-state index is 0.0473. The molecule has 2 aliphatic rings. The van der Waals surface area contributed by atoms with Crippen molar-refractivity contribution in [3.05, 3.63) is 46.7 Å². The molecule has 2 heterocycles. The molecule has 0 saturated carbocycles. The van der Waals surface area contributed by atoms with Gasteiger partial charge in [-0.2, -0.15) is 5.10 Å². The molecule has 1 aliphatic heterocycles. The number of hydrogen-bond donors (Lipinski definition) is 2. The zero-order valence-electron chi connectivity index (χ0n) is 18.7. The van der Waals surface area contributed by atoms with Gasteiger partial charge in [-0.1, -0.05) is 0 Å². The first kappa shape index (κ1) is 23.6. The van der Waals surface area contributed by atoms with E-state index >= 15 is 0 Å². The minimum Gasteiger partial charge on any atom is -0.386 e. The molecule has 3 rings (SSSR count). The third-order valence-electron chi connectivity index (χ3n) is 5.50. The molecule has 7 nitrogen and oxygen atoms in total. The first-order chi connectivity index (χ1) is 15.1. The molecule has 32 heavy (non-hydrogen) atoms. The average molecular weight is 451 g/mol. The summed E-state index contributed by atoms with van der Waals surface area (Å²) < 4.78 is 44.1. The zero-order chi connectivity index (χ0) is 23.6. The van der Waals surface area contributed by atoms with E-state index in [1.807, 2.05) is 13.8 Å². The number of carbonyl (C=O) groups excluding carboxylic acids is 1. The molecule has 174 valence electrons. The number of hydrogen-bond acceptors (Lipinski definition) is 4. The Balaban J connectivity index is 1.94. The van der Waals surface area contributed by atoms with Crippen molar-refractivity contribution in [3.8, 4) is 0 Å². The van der Waals surface area contributed by atoms with Crippen molar-refractivity contribution in [2.75, 3.05) is 13.1 Å². The second kappa shape index (κ2) is 9.62. The van der Waals surface area contributed by atoms with Crippen molar-refractivity contribution < 1.29 is 18.0 Å². The van der Waals surface area contributed by atoms with Gasteiger partial charge in [-0.15, -0.1) is 0 Å². The van der Waals surface area contributed by atoms with Crippen molar-refractivity contribution in [1.82, 2.24) is 20.0 Å². The van der Waals surface area contributed by atoms with Gasteiger partial charge in [0.15, 0.2) is 0 Å². The van der Waals surface area contributed by atoms with Crippen LogP contribution in [0.4, 0.5) is 13.2 Å². The summed E-state index contributed by atoms with van der Waals surface area (Å²) in [5.41, 5.74) is 8.01. The summed E-state index contributed by atoms with van der Waals surface area (Å²) in [6.07, 6.45) is 1.57. The number of rotatable bonds is 6. The van der Waals surface area contributed by atoms with Crippen molar-refractivity contribution >= 4 is 17.3 Å². The lowest BCUT2D eigenvalue weighted by molar-refractivity contribution is -0.128. The van der Waals surface area contributed by atoms with Crippen molar-refractivity contribution in [2.45, 2.75) is 52.1 Å². The van der Waals surface area contributed by atoms with E-state index in [1.165, 1.54) is 17.8 Å². The van der Waals surface area contributed by atoms with E-state index in [0.717, 1.165) is 11.8 Å². The topological polar surface area (TPSA) is 88.5 Å². The van der Waals surface area contributed by atoms with Crippen LogP contribution >= 0.6 is 0 Å². The summed E-state index contributed by atoms with van der Waals surface area (Å²) in [7, 11) is 1.66. The minimum atomic E-state index is -2.77. The number of aromatic nitrogens is 2. The van der Waals surface area contributed by atoms with E-state index in [1.54, 1.807) is 18.1 Å². The van der Waals surface area contributed by atoms with Crippen LogP contribution in [0.5, 0.6) is 0 Å². The molecule has 1 aliphatic carbocycles. The fourth-order valence-electron chi connectivity index (χ4n) is 3.91. The Morgan fingerprint density at radius 1 is 1.38 bits per heavy atom. The normalized spacial score (nSPS) is 20.4. The molecule has 10 heteroatoms. The van der Waals surface area contributed by atoms with Gasteiger partial charge in [0.25, 0.3) is 6.43 Å². The summed E-state index contributed by atoms with van der Waals surface area (Å²) >= 11 is 0. The Kier molecular flexibility index (Phi) is 7.10. The fraction of sp³-hybridized carbons (Fsp3) is 0.500.